The first-order chi connectivity index (χ1) is 7.92. The van der Waals surface area contributed by atoms with Gasteiger partial charge in [-0.1, -0.05) is 62.9 Å². The van der Waals surface area contributed by atoms with Gasteiger partial charge in [-0.2, -0.15) is 0 Å². The molecule has 0 saturated heterocycles. The van der Waals surface area contributed by atoms with Crippen molar-refractivity contribution in [3.05, 3.63) is 41.8 Å². The predicted molar refractivity (Wildman–Crippen MR) is 70.4 cm³/mol. The molecule has 0 heterocycles. The Morgan fingerprint density at radius 2 is 1.69 bits per heavy atom. The Hall–Kier alpha value is -0.780. The van der Waals surface area contributed by atoms with Gasteiger partial charge in [-0.25, -0.2) is 0 Å². The summed E-state index contributed by atoms with van der Waals surface area (Å²) in [7, 11) is 0. The van der Waals surface area contributed by atoms with Gasteiger partial charge in [-0.05, 0) is 36.7 Å². The second kappa shape index (κ2) is 6.08. The first-order valence-corrected chi connectivity index (χ1v) is 6.81. The Labute approximate surface area is 100 Å². The SMILES string of the molecule is CCCC([C]1CCCCC1)c1ccccc1. The zero-order valence-electron chi connectivity index (χ0n) is 10.4. The maximum absolute atomic E-state index is 2.31. The van der Waals surface area contributed by atoms with Crippen LogP contribution < -0.4 is 0 Å². The van der Waals surface area contributed by atoms with Gasteiger partial charge in [0.15, 0.2) is 0 Å². The van der Waals surface area contributed by atoms with Gasteiger partial charge in [0, 0.05) is 0 Å². The molecule has 1 aliphatic rings. The second-order valence-corrected chi connectivity index (χ2v) is 4.97. The molecule has 0 heteroatoms. The van der Waals surface area contributed by atoms with Gasteiger partial charge in [-0.15, -0.1) is 0 Å². The van der Waals surface area contributed by atoms with Crippen LogP contribution in [-0.4, -0.2) is 0 Å². The minimum absolute atomic E-state index is 0.742. The zero-order chi connectivity index (χ0) is 11.2. The Kier molecular flexibility index (Phi) is 4.44. The molecule has 0 nitrogen and oxygen atoms in total. The lowest BCUT2D eigenvalue weighted by Crippen LogP contribution is -2.14. The molecule has 0 bridgehead atoms. The lowest BCUT2D eigenvalue weighted by Gasteiger charge is -2.30. The number of rotatable bonds is 4. The van der Waals surface area contributed by atoms with Crippen molar-refractivity contribution in [1.29, 1.82) is 0 Å². The summed E-state index contributed by atoms with van der Waals surface area (Å²) in [4.78, 5) is 0. The van der Waals surface area contributed by atoms with Crippen LogP contribution in [0.1, 0.15) is 63.4 Å². The number of hydrogen-bond donors (Lipinski definition) is 0. The third-order valence-electron chi connectivity index (χ3n) is 3.77. The highest BCUT2D eigenvalue weighted by Crippen LogP contribution is 2.40. The molecule has 16 heavy (non-hydrogen) atoms. The monoisotopic (exact) mass is 215 g/mol. The normalized spacial score (nSPS) is 19.6. The highest BCUT2D eigenvalue weighted by atomic mass is 14.3. The van der Waals surface area contributed by atoms with Crippen molar-refractivity contribution >= 4 is 0 Å². The van der Waals surface area contributed by atoms with E-state index in [-0.39, 0.29) is 0 Å². The quantitative estimate of drug-likeness (QED) is 0.654. The molecule has 0 aliphatic heterocycles. The van der Waals surface area contributed by atoms with E-state index in [9.17, 15) is 0 Å². The minimum atomic E-state index is 0.742. The van der Waals surface area contributed by atoms with Crippen molar-refractivity contribution in [2.24, 2.45) is 0 Å². The summed E-state index contributed by atoms with van der Waals surface area (Å²) in [5.74, 6) is 2.56. The molecule has 1 atom stereocenters. The predicted octanol–water partition coefficient (Wildman–Crippen LogP) is 5.11. The van der Waals surface area contributed by atoms with Crippen molar-refractivity contribution in [2.45, 2.75) is 57.8 Å². The maximum atomic E-state index is 2.31. The molecule has 0 aromatic heterocycles. The standard InChI is InChI=1S/C16H23/c1-2-9-16(14-10-5-3-6-11-14)15-12-7-4-8-13-15/h3,5-6,10-11,16H,2,4,7-9,12-13H2,1H3. The van der Waals surface area contributed by atoms with Gasteiger partial charge in [0.05, 0.1) is 0 Å². The van der Waals surface area contributed by atoms with Gasteiger partial charge in [0.1, 0.15) is 0 Å². The van der Waals surface area contributed by atoms with E-state index in [0.717, 1.165) is 5.92 Å². The van der Waals surface area contributed by atoms with E-state index in [1.807, 2.05) is 5.92 Å². The summed E-state index contributed by atoms with van der Waals surface area (Å²) < 4.78 is 0. The van der Waals surface area contributed by atoms with E-state index in [1.165, 1.54) is 44.9 Å². The van der Waals surface area contributed by atoms with E-state index in [0.29, 0.717) is 0 Å². The van der Waals surface area contributed by atoms with Crippen LogP contribution in [0.4, 0.5) is 0 Å². The van der Waals surface area contributed by atoms with Crippen LogP contribution >= 0.6 is 0 Å². The topological polar surface area (TPSA) is 0 Å². The average Bonchev–Trinajstić information content (AvgIpc) is 2.38. The molecule has 0 amide bonds. The third kappa shape index (κ3) is 2.87. The summed E-state index contributed by atoms with van der Waals surface area (Å²) in [5.41, 5.74) is 1.54. The summed E-state index contributed by atoms with van der Waals surface area (Å²) in [6.45, 7) is 2.30. The molecular weight excluding hydrogens is 192 g/mol. The molecule has 1 saturated carbocycles. The van der Waals surface area contributed by atoms with E-state index in [1.54, 1.807) is 5.56 Å². The van der Waals surface area contributed by atoms with Crippen LogP contribution in [0.25, 0.3) is 0 Å². The first kappa shape index (κ1) is 11.7. The Bertz CT molecular complexity index is 282. The molecule has 1 radical (unpaired) electrons. The lowest BCUT2D eigenvalue weighted by atomic mass is 9.75. The van der Waals surface area contributed by atoms with Crippen molar-refractivity contribution in [3.8, 4) is 0 Å². The fourth-order valence-electron chi connectivity index (χ4n) is 2.93. The maximum Gasteiger partial charge on any atom is -0.00999 e. The molecule has 1 fully saturated rings. The Balaban J connectivity index is 2.09. The summed E-state index contributed by atoms with van der Waals surface area (Å²) in [6.07, 6.45) is 9.66. The molecule has 1 aliphatic carbocycles. The fourth-order valence-corrected chi connectivity index (χ4v) is 2.93. The van der Waals surface area contributed by atoms with E-state index < -0.39 is 0 Å². The third-order valence-corrected chi connectivity index (χ3v) is 3.77. The van der Waals surface area contributed by atoms with Crippen molar-refractivity contribution < 1.29 is 0 Å². The van der Waals surface area contributed by atoms with Gasteiger partial charge in [0.2, 0.25) is 0 Å². The van der Waals surface area contributed by atoms with E-state index in [4.69, 9.17) is 0 Å². The molecule has 1 unspecified atom stereocenters. The second-order valence-electron chi connectivity index (χ2n) is 4.97. The van der Waals surface area contributed by atoms with E-state index >= 15 is 0 Å². The van der Waals surface area contributed by atoms with Crippen molar-refractivity contribution in [1.82, 2.24) is 0 Å². The van der Waals surface area contributed by atoms with Crippen LogP contribution in [0.2, 0.25) is 0 Å². The average molecular weight is 215 g/mol. The zero-order valence-corrected chi connectivity index (χ0v) is 10.4. The van der Waals surface area contributed by atoms with Crippen molar-refractivity contribution in [2.75, 3.05) is 0 Å². The van der Waals surface area contributed by atoms with E-state index in [2.05, 4.69) is 37.3 Å². The molecule has 87 valence electrons. The number of hydrogen-bond acceptors (Lipinski definition) is 0. The smallest absolute Gasteiger partial charge is 0.00999 e. The van der Waals surface area contributed by atoms with Crippen molar-refractivity contribution in [3.63, 3.8) is 0 Å². The fraction of sp³-hybridized carbons (Fsp3) is 0.562. The molecular formula is C16H23. The van der Waals surface area contributed by atoms with Crippen LogP contribution in [0.5, 0.6) is 0 Å². The molecule has 1 aromatic carbocycles. The number of benzene rings is 1. The van der Waals surface area contributed by atoms with Crippen LogP contribution in [0.3, 0.4) is 0 Å². The van der Waals surface area contributed by atoms with Crippen LogP contribution in [0.15, 0.2) is 30.3 Å². The lowest BCUT2D eigenvalue weighted by molar-refractivity contribution is 0.459. The summed E-state index contributed by atoms with van der Waals surface area (Å²) >= 11 is 0. The van der Waals surface area contributed by atoms with Gasteiger partial charge in [-0.3, -0.25) is 0 Å². The van der Waals surface area contributed by atoms with Gasteiger partial charge >= 0.3 is 0 Å². The van der Waals surface area contributed by atoms with Gasteiger partial charge < -0.3 is 0 Å². The highest BCUT2D eigenvalue weighted by Gasteiger charge is 2.24. The first-order valence-electron chi connectivity index (χ1n) is 6.81. The highest BCUT2D eigenvalue weighted by molar-refractivity contribution is 5.26. The minimum Gasteiger partial charge on any atom is -0.0654 e. The summed E-state index contributed by atoms with van der Waals surface area (Å²) in [6, 6.07) is 11.1. The molecule has 2 rings (SSSR count). The molecule has 0 spiro atoms. The van der Waals surface area contributed by atoms with Crippen LogP contribution in [0, 0.1) is 5.92 Å². The van der Waals surface area contributed by atoms with Crippen LogP contribution in [-0.2, 0) is 0 Å². The van der Waals surface area contributed by atoms with Gasteiger partial charge in [0.25, 0.3) is 0 Å². The molecule has 0 N–H and O–H groups in total. The Morgan fingerprint density at radius 1 is 1.00 bits per heavy atom. The largest absolute Gasteiger partial charge is 0.0654 e. The Morgan fingerprint density at radius 3 is 2.31 bits per heavy atom. The molecule has 1 aromatic rings. The summed E-state index contributed by atoms with van der Waals surface area (Å²) in [5, 5.41) is 0.